The third-order valence-electron chi connectivity index (χ3n) is 17.1. The molecule has 29 nitrogen and oxygen atoms in total. The molecular formula is C70H98N18O11. The summed E-state index contributed by atoms with van der Waals surface area (Å²) in [5.41, 5.74) is 38.1. The summed E-state index contributed by atoms with van der Waals surface area (Å²) in [6.45, 7) is 5.00. The number of benzene rings is 4. The van der Waals surface area contributed by atoms with E-state index in [1.165, 1.54) is 6.92 Å². The van der Waals surface area contributed by atoms with E-state index in [2.05, 4.69) is 62.8 Å². The minimum atomic E-state index is -1.51. The highest BCUT2D eigenvalue weighted by Gasteiger charge is 2.37. The van der Waals surface area contributed by atoms with Crippen molar-refractivity contribution in [2.75, 3.05) is 26.2 Å². The van der Waals surface area contributed by atoms with Gasteiger partial charge in [-0.25, -0.2) is 0 Å². The number of rotatable bonds is 42. The second-order valence-corrected chi connectivity index (χ2v) is 24.7. The number of guanidine groups is 1. The number of hydrogen-bond acceptors (Lipinski definition) is 15. The lowest BCUT2D eigenvalue weighted by atomic mass is 9.97. The number of amides is 10. The Morgan fingerprint density at radius 3 is 1.18 bits per heavy atom. The SMILES string of the molecule is CC[C@H](C)[C@H](NC(=O)CN)C(=O)N[C@@H](CCCN=C(N)N)C(=O)N[C@@H](Cc1c[nH]c2ccccc12)C(=O)N[C@@H](CCCCN)C(=O)N[C@@H](Cc1ccccc1)C(=O)N[C@@H](Cc1c[nH]c2ccccc12)C(=O)N[C@@H](CCCCN)C(=O)N[C@@H](Cc1ccccc1)C(=O)N[C@H](C(N)=O)[C@@H](C)O. The number of carbonyl (C=O) groups is 10. The fourth-order valence-corrected chi connectivity index (χ4v) is 11.4. The number of carbonyl (C=O) groups excluding carboxylic acids is 10. The molecule has 0 fully saturated rings. The van der Waals surface area contributed by atoms with Gasteiger partial charge in [-0.1, -0.05) is 117 Å². The average Bonchev–Trinajstić information content (AvgIpc) is 1.77. The molecule has 534 valence electrons. The summed E-state index contributed by atoms with van der Waals surface area (Å²) < 4.78 is 0. The first-order valence-corrected chi connectivity index (χ1v) is 33.6. The molecular weight excluding hydrogens is 1270 g/mol. The number of nitrogens with one attached hydrogen (secondary N) is 11. The van der Waals surface area contributed by atoms with Crippen LogP contribution in [0.25, 0.3) is 21.8 Å². The highest BCUT2D eigenvalue weighted by Crippen LogP contribution is 2.22. The van der Waals surface area contributed by atoms with Crippen LogP contribution in [0.3, 0.4) is 0 Å². The predicted octanol–water partition coefficient (Wildman–Crippen LogP) is -0.535. The molecule has 11 atom stereocenters. The van der Waals surface area contributed by atoms with Crippen LogP contribution in [-0.2, 0) is 73.6 Å². The van der Waals surface area contributed by atoms with Crippen molar-refractivity contribution in [3.63, 3.8) is 0 Å². The maximum atomic E-state index is 15.3. The Hall–Kier alpha value is -10.2. The number of para-hydroxylation sites is 2. The molecule has 0 saturated heterocycles. The fraction of sp³-hybridized carbons (Fsp3) is 0.443. The van der Waals surface area contributed by atoms with Crippen molar-refractivity contribution in [1.82, 2.24) is 57.8 Å². The van der Waals surface area contributed by atoms with Crippen LogP contribution in [0.2, 0.25) is 0 Å². The number of primary amides is 1. The largest absolute Gasteiger partial charge is 0.391 e. The van der Waals surface area contributed by atoms with Gasteiger partial charge < -0.3 is 97.3 Å². The average molecular weight is 1370 g/mol. The summed E-state index contributed by atoms with van der Waals surface area (Å²) in [6.07, 6.45) is 3.64. The molecule has 0 radical (unpaired) electrons. The Morgan fingerprint density at radius 2 is 0.798 bits per heavy atom. The van der Waals surface area contributed by atoms with Crippen LogP contribution in [0, 0.1) is 5.92 Å². The number of aromatic nitrogens is 2. The van der Waals surface area contributed by atoms with Gasteiger partial charge in [0.15, 0.2) is 5.96 Å². The zero-order valence-electron chi connectivity index (χ0n) is 56.4. The van der Waals surface area contributed by atoms with Crippen LogP contribution in [-0.4, -0.2) is 167 Å². The Bertz CT molecular complexity index is 3670. The number of aromatic amines is 2. The van der Waals surface area contributed by atoms with E-state index < -0.39 is 132 Å². The van der Waals surface area contributed by atoms with Gasteiger partial charge in [0.2, 0.25) is 59.1 Å². The van der Waals surface area contributed by atoms with Crippen LogP contribution >= 0.6 is 0 Å². The Labute approximate surface area is 575 Å². The summed E-state index contributed by atoms with van der Waals surface area (Å²) >= 11 is 0. The van der Waals surface area contributed by atoms with Gasteiger partial charge in [0.1, 0.15) is 54.4 Å². The molecule has 0 bridgehead atoms. The molecule has 0 aliphatic heterocycles. The van der Waals surface area contributed by atoms with E-state index in [0.29, 0.717) is 54.4 Å². The van der Waals surface area contributed by atoms with E-state index >= 15 is 19.2 Å². The summed E-state index contributed by atoms with van der Waals surface area (Å²) in [7, 11) is 0. The third kappa shape index (κ3) is 24.4. The first-order valence-electron chi connectivity index (χ1n) is 33.6. The normalized spacial score (nSPS) is 14.6. The van der Waals surface area contributed by atoms with E-state index in [4.69, 9.17) is 34.4 Å². The van der Waals surface area contributed by atoms with Crippen molar-refractivity contribution in [3.05, 3.63) is 144 Å². The van der Waals surface area contributed by atoms with Gasteiger partial charge >= 0.3 is 0 Å². The molecule has 0 spiro atoms. The number of unbranched alkanes of at least 4 members (excludes halogenated alkanes) is 2. The lowest BCUT2D eigenvalue weighted by Crippen LogP contribution is -2.61. The van der Waals surface area contributed by atoms with Crippen molar-refractivity contribution >= 4 is 86.8 Å². The van der Waals surface area contributed by atoms with Gasteiger partial charge in [0.25, 0.3) is 0 Å². The first kappa shape index (κ1) is 77.8. The Morgan fingerprint density at radius 1 is 0.434 bits per heavy atom. The second kappa shape index (κ2) is 39.9. The maximum absolute atomic E-state index is 15.3. The van der Waals surface area contributed by atoms with E-state index in [1.54, 1.807) is 86.0 Å². The smallest absolute Gasteiger partial charge is 0.243 e. The molecule has 0 unspecified atom stereocenters. The maximum Gasteiger partial charge on any atom is 0.243 e. The summed E-state index contributed by atoms with van der Waals surface area (Å²) in [6, 6.07) is 19.7. The number of fused-ring (bicyclic) bond motifs is 2. The summed E-state index contributed by atoms with van der Waals surface area (Å²) in [5.74, 6) is -8.60. The number of aliphatic hydroxyl groups excluding tert-OH is 1. The molecule has 4 aromatic carbocycles. The van der Waals surface area contributed by atoms with Crippen LogP contribution in [0.4, 0.5) is 0 Å². The quantitative estimate of drug-likeness (QED) is 0.0130. The molecule has 6 rings (SSSR count). The van der Waals surface area contributed by atoms with Gasteiger partial charge in [0, 0.05) is 66.4 Å². The lowest BCUT2D eigenvalue weighted by Gasteiger charge is -2.29. The minimum absolute atomic E-state index is 0.00342. The Balaban J connectivity index is 1.34. The molecule has 0 aliphatic carbocycles. The molecule has 29 heteroatoms. The van der Waals surface area contributed by atoms with E-state index in [0.717, 1.165) is 21.8 Å². The van der Waals surface area contributed by atoms with Crippen LogP contribution in [0.1, 0.15) is 101 Å². The van der Waals surface area contributed by atoms with Crippen molar-refractivity contribution < 1.29 is 53.1 Å². The summed E-state index contributed by atoms with van der Waals surface area (Å²) in [4.78, 5) is 154. The minimum Gasteiger partial charge on any atom is -0.391 e. The van der Waals surface area contributed by atoms with Gasteiger partial charge in [0.05, 0.1) is 12.6 Å². The first-order chi connectivity index (χ1) is 47.5. The highest BCUT2D eigenvalue weighted by atomic mass is 16.3. The molecule has 0 saturated carbocycles. The highest BCUT2D eigenvalue weighted by molar-refractivity contribution is 5.99. The van der Waals surface area contributed by atoms with Gasteiger partial charge in [-0.05, 0) is 112 Å². The van der Waals surface area contributed by atoms with Gasteiger partial charge in [-0.15, -0.1) is 0 Å². The molecule has 2 heterocycles. The van der Waals surface area contributed by atoms with Crippen molar-refractivity contribution in [1.29, 1.82) is 0 Å². The molecule has 99 heavy (non-hydrogen) atoms. The van der Waals surface area contributed by atoms with Gasteiger partial charge in [-0.3, -0.25) is 52.9 Å². The van der Waals surface area contributed by atoms with Crippen LogP contribution in [0.15, 0.2) is 127 Å². The number of H-pyrrole nitrogens is 2. The van der Waals surface area contributed by atoms with Crippen molar-refractivity contribution in [2.45, 2.75) is 165 Å². The van der Waals surface area contributed by atoms with E-state index in [9.17, 15) is 33.9 Å². The summed E-state index contributed by atoms with van der Waals surface area (Å²) in [5, 5.41) is 36.7. The van der Waals surface area contributed by atoms with Crippen molar-refractivity contribution in [3.8, 4) is 0 Å². The molecule has 6 aromatic rings. The third-order valence-corrected chi connectivity index (χ3v) is 17.1. The number of nitrogens with two attached hydrogens (primary N) is 6. The molecule has 2 aromatic heterocycles. The fourth-order valence-electron chi connectivity index (χ4n) is 11.4. The number of aliphatic imine (C=N–C) groups is 1. The Kier molecular flexibility index (Phi) is 31.3. The predicted molar refractivity (Wildman–Crippen MR) is 377 cm³/mol. The number of aliphatic hydroxyl groups is 1. The standard InChI is InChI=1S/C70H98N18O11/c1-4-41(2)59(87-58(90)38-73)69(99)82-53(30-19-33-77-70(75)76)64(94)85-56(36-45-39-78-49-26-13-11-24-47(45)49)66(96)80-51(28-15-17-31-71)62(92)83-54(34-43-20-7-5-8-21-43)65(95)86-57(37-46-40-79-50-27-14-12-25-48(46)50)67(97)81-52(29-16-18-32-72)63(93)84-55(35-44-22-9-6-10-23-44)68(98)88-60(42(3)89)61(74)91/h5-14,20-27,39-42,51-57,59-60,78-79,89H,4,15-19,28-38,71-73H2,1-3H3,(H2,74,91)(H,80,96)(H,81,97)(H,82,99)(H,83,92)(H,84,93)(H,85,94)(H,86,95)(H,87,90)(H,88,98)(H4,75,76,77)/t41-,42+,51-,52-,53-,54-,55-,56-,57-,59-,60-/m0/s1. The topological polar surface area (TPSA) is 499 Å². The van der Waals surface area contributed by atoms with Crippen molar-refractivity contribution in [2.24, 2.45) is 45.3 Å². The van der Waals surface area contributed by atoms with E-state index in [1.807, 2.05) is 49.4 Å². The van der Waals surface area contributed by atoms with Crippen LogP contribution < -0.4 is 82.3 Å². The lowest BCUT2D eigenvalue weighted by molar-refractivity contribution is -0.136. The monoisotopic (exact) mass is 1370 g/mol. The number of nitrogens with zero attached hydrogens (tertiary/aromatic N) is 1. The molecule has 0 aliphatic rings. The number of hydrogen-bond donors (Lipinski definition) is 18. The van der Waals surface area contributed by atoms with E-state index in [-0.39, 0.29) is 77.0 Å². The zero-order valence-corrected chi connectivity index (χ0v) is 56.4. The van der Waals surface area contributed by atoms with Crippen LogP contribution in [0.5, 0.6) is 0 Å². The molecule has 24 N–H and O–H groups in total. The second-order valence-electron chi connectivity index (χ2n) is 24.7. The molecule has 10 amide bonds. The van der Waals surface area contributed by atoms with Gasteiger partial charge in [-0.2, -0.15) is 0 Å². The zero-order chi connectivity index (χ0) is 72.0.